The lowest BCUT2D eigenvalue weighted by Gasteiger charge is -2.53. The van der Waals surface area contributed by atoms with Crippen LogP contribution in [0.3, 0.4) is 0 Å². The molecule has 9 N–H and O–H groups in total. The lowest BCUT2D eigenvalue weighted by atomic mass is 9.54. The van der Waals surface area contributed by atoms with Crippen molar-refractivity contribution < 1.29 is 64.5 Å². The molecule has 15 heteroatoms. The Bertz CT molecular complexity index is 1870. The van der Waals surface area contributed by atoms with Crippen LogP contribution in [0.25, 0.3) is 5.76 Å². The molecule has 1 aromatic rings. The number of carbonyl (C=O) groups excluding carboxylic acids is 5. The number of rotatable bonds is 15. The quantitative estimate of drug-likeness (QED) is 0.0545. The Morgan fingerprint density at radius 3 is 2.32 bits per heavy atom. The number of aliphatic hydroxyl groups is 6. The molecule has 2 fully saturated rings. The van der Waals surface area contributed by atoms with Crippen molar-refractivity contribution in [3.05, 3.63) is 58.4 Å². The number of aliphatic hydroxyl groups excluding tert-OH is 4. The van der Waals surface area contributed by atoms with Gasteiger partial charge in [-0.1, -0.05) is 70.2 Å². The molecule has 0 aromatic heterocycles. The summed E-state index contributed by atoms with van der Waals surface area (Å²) in [6, 6.07) is 3.13. The summed E-state index contributed by atoms with van der Waals surface area (Å²) in [6.45, 7) is 5.62. The fourth-order valence-corrected chi connectivity index (χ4v) is 9.40. The zero-order chi connectivity index (χ0) is 44.1. The van der Waals surface area contributed by atoms with Crippen molar-refractivity contribution in [3.8, 4) is 5.75 Å². The SMILES string of the molecule is CCCCC(C)(O)C/C=C/[C@H]1[C@H](O)CC(=O)[C@@H]1CCCCCCC(=O)OC.C[C@H]1c2cccc(O)c2C(O)=C2C(=O)[C@]3(O)C(O)=C(C(N)=O)C(=O)[C@@H](N(C)C)[C@@H]3[C@@H](O)[C@@H]21. The van der Waals surface area contributed by atoms with Crippen LogP contribution in [-0.2, 0) is 28.7 Å². The standard InChI is InChI=1S/C22H24N2O8.C22H38O5/c1-7-8-5-4-6-9(25)11(8)16(26)12-10(7)17(27)14-15(24(2)3)18(28)13(21(23)31)20(30)22(14,32)19(12)29;1-4-5-14-22(2,26)15-10-12-18-17(19(23)16-20(18)24)11-8-6-7-9-13-21(25)27-3/h4-7,10,14-15,17,25-27,30,32H,1-3H3,(H2,23,31);10,12,17-18,20,24,26H,4-9,11,13-16H2,1-3H3/b;12-10+/t7-,10+,14+,15-,17-,22-;17-,18-,20-,22?/m01/s1. The minimum absolute atomic E-state index is 0.0245. The molecule has 5 rings (SSSR count). The van der Waals surface area contributed by atoms with E-state index in [1.807, 2.05) is 19.1 Å². The van der Waals surface area contributed by atoms with Crippen LogP contribution in [0.5, 0.6) is 5.75 Å². The van der Waals surface area contributed by atoms with Crippen molar-refractivity contribution in [1.29, 1.82) is 0 Å². The molecule has 10 atom stereocenters. The molecular formula is C44H62N2O13. The Morgan fingerprint density at radius 2 is 1.71 bits per heavy atom. The van der Waals surface area contributed by atoms with Gasteiger partial charge in [0.2, 0.25) is 5.78 Å². The Kier molecular flexibility index (Phi) is 15.5. The number of likely N-dealkylation sites (N-methyl/N-ethyl adjacent to an activating group) is 1. The number of phenols is 1. The van der Waals surface area contributed by atoms with Crippen LogP contribution in [0.15, 0.2) is 47.3 Å². The molecule has 2 saturated carbocycles. The summed E-state index contributed by atoms with van der Waals surface area (Å²) in [5.74, 6) is -9.17. The maximum absolute atomic E-state index is 13.7. The second kappa shape index (κ2) is 19.3. The van der Waals surface area contributed by atoms with Gasteiger partial charge in [-0.05, 0) is 64.3 Å². The van der Waals surface area contributed by atoms with Crippen LogP contribution in [0.4, 0.5) is 0 Å². The number of phenolic OH excluding ortho intramolecular Hbond substituents is 1. The number of fused-ring (bicyclic) bond motifs is 3. The highest BCUT2D eigenvalue weighted by molar-refractivity contribution is 6.24. The van der Waals surface area contributed by atoms with Gasteiger partial charge in [0, 0.05) is 36.2 Å². The van der Waals surface area contributed by atoms with Gasteiger partial charge in [-0.25, -0.2) is 0 Å². The third-order valence-electron chi connectivity index (χ3n) is 12.6. The average Bonchev–Trinajstić information content (AvgIpc) is 3.43. The first-order valence-corrected chi connectivity index (χ1v) is 20.5. The normalized spacial score (nSPS) is 30.1. The Morgan fingerprint density at radius 1 is 1.05 bits per heavy atom. The fraction of sp³-hybridized carbons (Fsp3) is 0.614. The van der Waals surface area contributed by atoms with E-state index in [-0.39, 0.29) is 41.3 Å². The van der Waals surface area contributed by atoms with Gasteiger partial charge in [0.15, 0.2) is 11.4 Å². The van der Waals surface area contributed by atoms with Crippen molar-refractivity contribution in [1.82, 2.24) is 4.90 Å². The van der Waals surface area contributed by atoms with Gasteiger partial charge >= 0.3 is 5.97 Å². The van der Waals surface area contributed by atoms with Gasteiger partial charge in [-0.3, -0.25) is 28.9 Å². The number of esters is 1. The first-order chi connectivity index (χ1) is 27.7. The number of nitrogens with two attached hydrogens (primary N) is 1. The molecule has 0 saturated heterocycles. The highest BCUT2D eigenvalue weighted by atomic mass is 16.5. The number of ether oxygens (including phenoxy) is 1. The molecule has 0 bridgehead atoms. The monoisotopic (exact) mass is 826 g/mol. The number of unbranched alkanes of at least 4 members (excludes halogenated alkanes) is 4. The smallest absolute Gasteiger partial charge is 0.305 e. The molecule has 1 amide bonds. The summed E-state index contributed by atoms with van der Waals surface area (Å²) in [7, 11) is 4.32. The van der Waals surface area contributed by atoms with E-state index in [2.05, 4.69) is 11.7 Å². The minimum Gasteiger partial charge on any atom is -0.508 e. The van der Waals surface area contributed by atoms with E-state index >= 15 is 0 Å². The summed E-state index contributed by atoms with van der Waals surface area (Å²) < 4.78 is 4.62. The molecule has 0 radical (unpaired) electrons. The number of carbonyl (C=O) groups is 5. The molecular weight excluding hydrogens is 764 g/mol. The highest BCUT2D eigenvalue weighted by Gasteiger charge is 2.68. The van der Waals surface area contributed by atoms with E-state index in [0.717, 1.165) is 51.4 Å². The van der Waals surface area contributed by atoms with E-state index in [4.69, 9.17) is 5.73 Å². The molecule has 0 heterocycles. The molecule has 0 aliphatic heterocycles. The number of aromatic hydroxyl groups is 1. The van der Waals surface area contributed by atoms with Crippen molar-refractivity contribution in [2.24, 2.45) is 29.4 Å². The zero-order valence-corrected chi connectivity index (χ0v) is 34.9. The summed E-state index contributed by atoms with van der Waals surface area (Å²) >= 11 is 0. The number of amides is 1. The Balaban J connectivity index is 0.000000265. The third-order valence-corrected chi connectivity index (χ3v) is 12.6. The number of hydrogen-bond donors (Lipinski definition) is 8. The summed E-state index contributed by atoms with van der Waals surface area (Å²) in [4.78, 5) is 63.3. The maximum atomic E-state index is 13.7. The van der Waals surface area contributed by atoms with Crippen LogP contribution in [-0.4, -0.2) is 121 Å². The topological polar surface area (TPSA) is 265 Å². The minimum atomic E-state index is -2.89. The number of primary amides is 1. The lowest BCUT2D eigenvalue weighted by molar-refractivity contribution is -0.169. The van der Waals surface area contributed by atoms with E-state index in [0.29, 0.717) is 18.4 Å². The fourth-order valence-electron chi connectivity index (χ4n) is 9.40. The Labute approximate surface area is 345 Å². The van der Waals surface area contributed by atoms with Crippen LogP contribution in [0.1, 0.15) is 108 Å². The average molecular weight is 827 g/mol. The number of ketones is 3. The summed E-state index contributed by atoms with van der Waals surface area (Å²) in [5, 5.41) is 75.5. The predicted molar refractivity (Wildman–Crippen MR) is 217 cm³/mol. The van der Waals surface area contributed by atoms with E-state index in [1.54, 1.807) is 19.1 Å². The largest absolute Gasteiger partial charge is 0.508 e. The lowest BCUT2D eigenvalue weighted by Crippen LogP contribution is -2.70. The van der Waals surface area contributed by atoms with Gasteiger partial charge in [0.25, 0.3) is 5.91 Å². The van der Waals surface area contributed by atoms with E-state index in [9.17, 15) is 59.7 Å². The van der Waals surface area contributed by atoms with Crippen molar-refractivity contribution >= 4 is 35.0 Å². The van der Waals surface area contributed by atoms with Crippen LogP contribution >= 0.6 is 0 Å². The van der Waals surface area contributed by atoms with Crippen molar-refractivity contribution in [2.75, 3.05) is 21.2 Å². The van der Waals surface area contributed by atoms with Gasteiger partial charge in [-0.15, -0.1) is 0 Å². The molecule has 4 aliphatic carbocycles. The third kappa shape index (κ3) is 9.49. The summed E-state index contributed by atoms with van der Waals surface area (Å²) in [5.41, 5.74) is 0.742. The molecule has 4 aliphatic rings. The van der Waals surface area contributed by atoms with E-state index in [1.165, 1.54) is 32.2 Å². The Hall–Kier alpha value is -4.41. The second-order valence-corrected chi connectivity index (χ2v) is 17.0. The number of benzene rings is 1. The van der Waals surface area contributed by atoms with Gasteiger partial charge in [-0.2, -0.15) is 0 Å². The first kappa shape index (κ1) is 47.3. The highest BCUT2D eigenvalue weighted by Crippen LogP contribution is 2.56. The van der Waals surface area contributed by atoms with Crippen LogP contribution in [0.2, 0.25) is 0 Å². The number of Topliss-reactive ketones (excluding diaryl/α,β-unsaturated/α-hetero) is 3. The molecule has 1 aromatic carbocycles. The first-order valence-electron chi connectivity index (χ1n) is 20.5. The molecule has 1 unspecified atom stereocenters. The van der Waals surface area contributed by atoms with Crippen LogP contribution in [0, 0.1) is 23.7 Å². The van der Waals surface area contributed by atoms with Crippen molar-refractivity contribution in [3.63, 3.8) is 0 Å². The summed E-state index contributed by atoms with van der Waals surface area (Å²) in [6.07, 6.45) is 10.1. The second-order valence-electron chi connectivity index (χ2n) is 17.0. The van der Waals surface area contributed by atoms with Gasteiger partial charge in [0.05, 0.1) is 42.4 Å². The number of methoxy groups -OCH3 is 1. The van der Waals surface area contributed by atoms with Gasteiger partial charge < -0.3 is 46.2 Å². The molecule has 59 heavy (non-hydrogen) atoms. The number of hydrogen-bond acceptors (Lipinski definition) is 14. The molecule has 15 nitrogen and oxygen atoms in total. The van der Waals surface area contributed by atoms with Gasteiger partial charge in [0.1, 0.15) is 28.6 Å². The van der Waals surface area contributed by atoms with Crippen LogP contribution < -0.4 is 5.73 Å². The van der Waals surface area contributed by atoms with Crippen molar-refractivity contribution in [2.45, 2.75) is 127 Å². The maximum Gasteiger partial charge on any atom is 0.305 e. The van der Waals surface area contributed by atoms with E-state index < -0.39 is 87.3 Å². The zero-order valence-electron chi connectivity index (χ0n) is 34.9. The predicted octanol–water partition coefficient (Wildman–Crippen LogP) is 3.45. The number of nitrogens with zero attached hydrogens (tertiary/aromatic N) is 1. The molecule has 0 spiro atoms. The molecule has 326 valence electrons.